The van der Waals surface area contributed by atoms with Gasteiger partial charge in [0.1, 0.15) is 0 Å². The summed E-state index contributed by atoms with van der Waals surface area (Å²) in [6, 6.07) is 6.23. The summed E-state index contributed by atoms with van der Waals surface area (Å²) < 4.78 is 10.9. The van der Waals surface area contributed by atoms with Crippen molar-refractivity contribution in [3.05, 3.63) is 39.8 Å². The smallest absolute Gasteiger partial charge is 0.231 e. The molecule has 4 rings (SSSR count). The molecule has 1 aromatic carbocycles. The average Bonchev–Trinajstić information content (AvgIpc) is 3.34. The predicted molar refractivity (Wildman–Crippen MR) is 126 cm³/mol. The minimum atomic E-state index is 0. The monoisotopic (exact) mass is 529 g/mol. The highest BCUT2D eigenvalue weighted by Crippen LogP contribution is 2.32. The summed E-state index contributed by atoms with van der Waals surface area (Å²) in [6.07, 6.45) is 1.93. The second-order valence-corrected chi connectivity index (χ2v) is 8.29. The number of aromatic nitrogens is 1. The van der Waals surface area contributed by atoms with E-state index in [1.165, 1.54) is 10.4 Å². The molecule has 0 aliphatic carbocycles. The van der Waals surface area contributed by atoms with E-state index in [9.17, 15) is 0 Å². The van der Waals surface area contributed by atoms with Crippen molar-refractivity contribution in [3.8, 4) is 11.5 Å². The molecular weight excluding hydrogens is 501 g/mol. The van der Waals surface area contributed by atoms with Gasteiger partial charge in [-0.2, -0.15) is 0 Å². The normalized spacial score (nSPS) is 16.6. The van der Waals surface area contributed by atoms with Gasteiger partial charge in [0.2, 0.25) is 6.79 Å². The fourth-order valence-electron chi connectivity index (χ4n) is 3.47. The molecule has 9 heteroatoms. The molecule has 2 aromatic rings. The third-order valence-corrected chi connectivity index (χ3v) is 5.80. The molecule has 0 unspecified atom stereocenters. The molecule has 1 aromatic heterocycles. The van der Waals surface area contributed by atoms with E-state index in [1.807, 2.05) is 19.2 Å². The van der Waals surface area contributed by atoms with Crippen molar-refractivity contribution in [1.29, 1.82) is 0 Å². The van der Waals surface area contributed by atoms with Gasteiger partial charge in [-0.15, -0.1) is 35.3 Å². The lowest BCUT2D eigenvalue weighted by Gasteiger charge is -2.36. The highest BCUT2D eigenvalue weighted by molar-refractivity contribution is 14.0. The third-order valence-electron chi connectivity index (χ3n) is 4.90. The Hall–Kier alpha value is -1.59. The van der Waals surface area contributed by atoms with E-state index in [0.717, 1.165) is 61.7 Å². The minimum absolute atomic E-state index is 0. The molecule has 29 heavy (non-hydrogen) atoms. The topological polar surface area (TPSA) is 62.2 Å². The molecule has 158 valence electrons. The lowest BCUT2D eigenvalue weighted by atomic mass is 10.1. The zero-order chi connectivity index (χ0) is 19.3. The van der Waals surface area contributed by atoms with Gasteiger partial charge in [-0.1, -0.05) is 6.07 Å². The van der Waals surface area contributed by atoms with Gasteiger partial charge < -0.3 is 19.7 Å². The number of fused-ring (bicyclic) bond motifs is 1. The van der Waals surface area contributed by atoms with Crippen molar-refractivity contribution in [2.45, 2.75) is 26.9 Å². The van der Waals surface area contributed by atoms with Crippen LogP contribution in [0, 0.1) is 6.92 Å². The number of benzene rings is 1. The first-order chi connectivity index (χ1) is 13.7. The van der Waals surface area contributed by atoms with Crippen LogP contribution in [0.15, 0.2) is 29.4 Å². The number of hydrogen-bond donors (Lipinski definition) is 1. The Kier molecular flexibility index (Phi) is 7.96. The number of nitrogens with one attached hydrogen (secondary N) is 1. The van der Waals surface area contributed by atoms with Crippen molar-refractivity contribution in [3.63, 3.8) is 0 Å². The molecule has 0 atom stereocenters. The Labute approximate surface area is 193 Å². The quantitative estimate of drug-likeness (QED) is 0.365. The second-order valence-electron chi connectivity index (χ2n) is 6.97. The standard InChI is InChI=1S/C20H27N5O2S.HI/c1-3-21-20(23-12-17-11-22-15(2)28-17)25-8-6-24(7-9-25)13-16-4-5-18-19(10-16)27-14-26-18;/h4-5,10-11H,3,6-9,12-14H2,1-2H3,(H,21,23);1H. The van der Waals surface area contributed by atoms with Crippen LogP contribution in [-0.4, -0.2) is 60.3 Å². The van der Waals surface area contributed by atoms with Crippen LogP contribution < -0.4 is 14.8 Å². The summed E-state index contributed by atoms with van der Waals surface area (Å²) in [6.45, 7) is 10.9. The molecule has 0 radical (unpaired) electrons. The minimum Gasteiger partial charge on any atom is -0.454 e. The van der Waals surface area contributed by atoms with Crippen LogP contribution in [0.4, 0.5) is 0 Å². The Morgan fingerprint density at radius 2 is 2.00 bits per heavy atom. The lowest BCUT2D eigenvalue weighted by molar-refractivity contribution is 0.171. The molecule has 0 saturated carbocycles. The van der Waals surface area contributed by atoms with Crippen LogP contribution in [-0.2, 0) is 13.1 Å². The lowest BCUT2D eigenvalue weighted by Crippen LogP contribution is -2.52. The van der Waals surface area contributed by atoms with Crippen LogP contribution in [0.2, 0.25) is 0 Å². The molecule has 2 aliphatic heterocycles. The van der Waals surface area contributed by atoms with Crippen LogP contribution in [0.1, 0.15) is 22.4 Å². The Balaban J connectivity index is 0.00000240. The predicted octanol–water partition coefficient (Wildman–Crippen LogP) is 3.08. The number of guanidine groups is 1. The maximum absolute atomic E-state index is 5.49. The van der Waals surface area contributed by atoms with E-state index >= 15 is 0 Å². The Morgan fingerprint density at radius 3 is 2.72 bits per heavy atom. The summed E-state index contributed by atoms with van der Waals surface area (Å²) in [5.41, 5.74) is 1.26. The van der Waals surface area contributed by atoms with E-state index < -0.39 is 0 Å². The summed E-state index contributed by atoms with van der Waals surface area (Å²) >= 11 is 1.71. The zero-order valence-corrected chi connectivity index (χ0v) is 20.0. The first-order valence-corrected chi connectivity index (χ1v) is 10.6. The Morgan fingerprint density at radius 1 is 1.21 bits per heavy atom. The fraction of sp³-hybridized carbons (Fsp3) is 0.500. The summed E-state index contributed by atoms with van der Waals surface area (Å²) in [4.78, 5) is 15.2. The number of aryl methyl sites for hydroxylation is 1. The molecule has 1 N–H and O–H groups in total. The van der Waals surface area contributed by atoms with Crippen LogP contribution in [0.25, 0.3) is 0 Å². The van der Waals surface area contributed by atoms with Gasteiger partial charge in [-0.3, -0.25) is 4.90 Å². The summed E-state index contributed by atoms with van der Waals surface area (Å²) in [5.74, 6) is 2.70. The van der Waals surface area contributed by atoms with Crippen molar-refractivity contribution < 1.29 is 9.47 Å². The largest absolute Gasteiger partial charge is 0.454 e. The van der Waals surface area contributed by atoms with Gasteiger partial charge in [-0.25, -0.2) is 9.98 Å². The number of halogens is 1. The van der Waals surface area contributed by atoms with Crippen LogP contribution in [0.5, 0.6) is 11.5 Å². The maximum atomic E-state index is 5.49. The molecule has 0 amide bonds. The number of aliphatic imine (C=N–C) groups is 1. The first kappa shape index (κ1) is 22.1. The average molecular weight is 529 g/mol. The Bertz CT molecular complexity index is 836. The maximum Gasteiger partial charge on any atom is 0.231 e. The van der Waals surface area contributed by atoms with Gasteiger partial charge in [-0.05, 0) is 31.5 Å². The van der Waals surface area contributed by atoms with Gasteiger partial charge in [0.05, 0.1) is 11.6 Å². The molecule has 7 nitrogen and oxygen atoms in total. The number of piperazine rings is 1. The molecule has 1 saturated heterocycles. The van der Waals surface area contributed by atoms with E-state index in [0.29, 0.717) is 13.3 Å². The highest BCUT2D eigenvalue weighted by atomic mass is 127. The van der Waals surface area contributed by atoms with E-state index in [1.54, 1.807) is 11.3 Å². The third kappa shape index (κ3) is 5.73. The highest BCUT2D eigenvalue weighted by Gasteiger charge is 2.21. The number of thiazole rings is 1. The van der Waals surface area contributed by atoms with Crippen molar-refractivity contribution in [1.82, 2.24) is 20.1 Å². The van der Waals surface area contributed by atoms with E-state index in [2.05, 4.69) is 39.2 Å². The first-order valence-electron chi connectivity index (χ1n) is 9.76. The van der Waals surface area contributed by atoms with Crippen molar-refractivity contribution in [2.24, 2.45) is 4.99 Å². The molecule has 1 fully saturated rings. The van der Waals surface area contributed by atoms with Crippen molar-refractivity contribution >= 4 is 41.3 Å². The van der Waals surface area contributed by atoms with Gasteiger partial charge in [0, 0.05) is 50.3 Å². The van der Waals surface area contributed by atoms with Gasteiger partial charge in [0.25, 0.3) is 0 Å². The number of nitrogens with zero attached hydrogens (tertiary/aromatic N) is 4. The second kappa shape index (κ2) is 10.4. The SMILES string of the molecule is CCNC(=NCc1cnc(C)s1)N1CCN(Cc2ccc3c(c2)OCO3)CC1.I. The van der Waals surface area contributed by atoms with Crippen molar-refractivity contribution in [2.75, 3.05) is 39.5 Å². The number of hydrogen-bond acceptors (Lipinski definition) is 6. The van der Waals surface area contributed by atoms with E-state index in [-0.39, 0.29) is 24.0 Å². The number of ether oxygens (including phenoxy) is 2. The van der Waals surface area contributed by atoms with Crippen LogP contribution >= 0.6 is 35.3 Å². The van der Waals surface area contributed by atoms with E-state index in [4.69, 9.17) is 14.5 Å². The number of rotatable bonds is 5. The molecular formula is C20H28IN5O2S. The van der Waals surface area contributed by atoms with Gasteiger partial charge >= 0.3 is 0 Å². The molecule has 0 spiro atoms. The summed E-state index contributed by atoms with van der Waals surface area (Å²) in [7, 11) is 0. The molecule has 0 bridgehead atoms. The molecule has 3 heterocycles. The van der Waals surface area contributed by atoms with Crippen LogP contribution in [0.3, 0.4) is 0 Å². The molecule has 2 aliphatic rings. The van der Waals surface area contributed by atoms with Gasteiger partial charge in [0.15, 0.2) is 17.5 Å². The fourth-order valence-corrected chi connectivity index (χ4v) is 4.19. The zero-order valence-electron chi connectivity index (χ0n) is 16.9. The summed E-state index contributed by atoms with van der Waals surface area (Å²) in [5, 5.41) is 4.52.